The van der Waals surface area contributed by atoms with Crippen molar-refractivity contribution in [1.29, 1.82) is 0 Å². The maximum Gasteiger partial charge on any atom is 0.255 e. The zero-order valence-corrected chi connectivity index (χ0v) is 30.5. The molecule has 0 radical (unpaired) electrons. The van der Waals surface area contributed by atoms with Gasteiger partial charge in [-0.25, -0.2) is 9.37 Å². The first kappa shape index (κ1) is 35.9. The number of carbonyl (C=O) groups is 4. The van der Waals surface area contributed by atoms with E-state index in [1.807, 2.05) is 42.5 Å². The summed E-state index contributed by atoms with van der Waals surface area (Å²) < 4.78 is 14.4. The van der Waals surface area contributed by atoms with Crippen LogP contribution < -0.4 is 20.9 Å². The number of rotatable bonds is 10. The lowest BCUT2D eigenvalue weighted by molar-refractivity contribution is -0.133. The molecule has 4 aromatic carbocycles. The van der Waals surface area contributed by atoms with Gasteiger partial charge in [0.25, 0.3) is 11.8 Å². The van der Waals surface area contributed by atoms with Crippen LogP contribution in [0.1, 0.15) is 45.9 Å². The van der Waals surface area contributed by atoms with Crippen molar-refractivity contribution in [2.75, 3.05) is 41.7 Å². The quantitative estimate of drug-likeness (QED) is 0.135. The maximum absolute atomic E-state index is 14.4. The zero-order chi connectivity index (χ0) is 38.1. The number of halogens is 1. The van der Waals surface area contributed by atoms with Crippen LogP contribution in [0.4, 0.5) is 20.9 Å². The van der Waals surface area contributed by atoms with Crippen LogP contribution in [0.25, 0.3) is 11.1 Å². The molecule has 4 heterocycles. The molecule has 280 valence electrons. The summed E-state index contributed by atoms with van der Waals surface area (Å²) in [5.74, 6) is -2.45. The average Bonchev–Trinajstić information content (AvgIpc) is 3.82. The second-order valence-electron chi connectivity index (χ2n) is 13.9. The largest absolute Gasteiger partial charge is 0.508 e. The van der Waals surface area contributed by atoms with Crippen molar-refractivity contribution in [3.63, 3.8) is 0 Å². The summed E-state index contributed by atoms with van der Waals surface area (Å²) in [5.41, 5.74) is 6.04. The SMILES string of the molecule is O=C1CCC(Nc2cccc(CN3CCN(c4ccc(-c5ccc6c(c5)C(=O)N(C(C(=O)Nc5nccs5)c5cc(F)ccc5O)C6)cc4)CC3)c2)C(=O)N1. The van der Waals surface area contributed by atoms with Gasteiger partial charge < -0.3 is 20.2 Å². The van der Waals surface area contributed by atoms with E-state index in [1.54, 1.807) is 5.38 Å². The lowest BCUT2D eigenvalue weighted by Gasteiger charge is -2.36. The zero-order valence-electron chi connectivity index (χ0n) is 29.7. The molecule has 2 saturated heterocycles. The maximum atomic E-state index is 14.4. The molecule has 1 aromatic heterocycles. The fourth-order valence-corrected chi connectivity index (χ4v) is 7.98. The summed E-state index contributed by atoms with van der Waals surface area (Å²) in [6.07, 6.45) is 2.35. The summed E-state index contributed by atoms with van der Waals surface area (Å²) in [5, 5.41) is 21.1. The van der Waals surface area contributed by atoms with Crippen LogP contribution in [-0.2, 0) is 27.5 Å². The number of phenols is 1. The Morgan fingerprint density at radius 1 is 0.964 bits per heavy atom. The third kappa shape index (κ3) is 7.77. The number of nitrogens with zero attached hydrogens (tertiary/aromatic N) is 4. The molecule has 3 aliphatic rings. The van der Waals surface area contributed by atoms with Gasteiger partial charge in [-0.1, -0.05) is 36.4 Å². The highest BCUT2D eigenvalue weighted by atomic mass is 32.1. The number of piperazine rings is 1. The Hall–Kier alpha value is -6.12. The Kier molecular flexibility index (Phi) is 10.00. The number of aromatic nitrogens is 1. The molecule has 8 rings (SSSR count). The Balaban J connectivity index is 0.906. The highest BCUT2D eigenvalue weighted by Crippen LogP contribution is 2.38. The number of hydrogen-bond acceptors (Lipinski definition) is 10. The number of carbonyl (C=O) groups excluding carboxylic acids is 4. The molecule has 4 N–H and O–H groups in total. The molecule has 55 heavy (non-hydrogen) atoms. The second-order valence-corrected chi connectivity index (χ2v) is 14.8. The highest BCUT2D eigenvalue weighted by molar-refractivity contribution is 7.13. The van der Waals surface area contributed by atoms with Crippen LogP contribution >= 0.6 is 11.3 Å². The molecule has 2 fully saturated rings. The third-order valence-corrected chi connectivity index (χ3v) is 11.0. The van der Waals surface area contributed by atoms with E-state index in [2.05, 4.69) is 55.0 Å². The van der Waals surface area contributed by atoms with E-state index in [1.165, 1.54) is 28.5 Å². The van der Waals surface area contributed by atoms with Crippen molar-refractivity contribution in [2.24, 2.45) is 0 Å². The van der Waals surface area contributed by atoms with Crippen molar-refractivity contribution >= 4 is 51.5 Å². The van der Waals surface area contributed by atoms with Crippen molar-refractivity contribution in [3.8, 4) is 16.9 Å². The average molecular weight is 760 g/mol. The number of thiazole rings is 1. The summed E-state index contributed by atoms with van der Waals surface area (Å²) in [6, 6.07) is 23.6. The van der Waals surface area contributed by atoms with E-state index >= 15 is 0 Å². The van der Waals surface area contributed by atoms with E-state index < -0.39 is 29.7 Å². The normalized spacial score (nSPS) is 17.8. The molecule has 4 amide bonds. The van der Waals surface area contributed by atoms with E-state index in [-0.39, 0.29) is 29.7 Å². The number of amides is 4. The number of fused-ring (bicyclic) bond motifs is 1. The van der Waals surface area contributed by atoms with Gasteiger partial charge in [0, 0.05) is 79.8 Å². The van der Waals surface area contributed by atoms with Crippen LogP contribution in [0.5, 0.6) is 5.75 Å². The molecule has 2 unspecified atom stereocenters. The summed E-state index contributed by atoms with van der Waals surface area (Å²) >= 11 is 1.21. The first-order valence-corrected chi connectivity index (χ1v) is 19.0. The van der Waals surface area contributed by atoms with Gasteiger partial charge in [-0.15, -0.1) is 11.3 Å². The topological polar surface area (TPSA) is 147 Å². The van der Waals surface area contributed by atoms with Gasteiger partial charge in [-0.05, 0) is 77.2 Å². The number of aromatic hydroxyl groups is 1. The number of anilines is 3. The van der Waals surface area contributed by atoms with Gasteiger partial charge in [-0.2, -0.15) is 0 Å². The molecule has 3 aliphatic heterocycles. The van der Waals surface area contributed by atoms with Crippen LogP contribution in [-0.4, -0.2) is 75.7 Å². The predicted octanol–water partition coefficient (Wildman–Crippen LogP) is 5.53. The number of nitrogens with one attached hydrogen (secondary N) is 3. The van der Waals surface area contributed by atoms with Crippen LogP contribution in [0.2, 0.25) is 0 Å². The van der Waals surface area contributed by atoms with E-state index in [4.69, 9.17) is 0 Å². The summed E-state index contributed by atoms with van der Waals surface area (Å²) in [7, 11) is 0. The Labute approximate surface area is 320 Å². The van der Waals surface area contributed by atoms with Crippen LogP contribution in [0.15, 0.2) is 96.5 Å². The monoisotopic (exact) mass is 759 g/mol. The van der Waals surface area contributed by atoms with Crippen molar-refractivity contribution in [3.05, 3.63) is 125 Å². The molecular weight excluding hydrogens is 722 g/mol. The molecule has 0 bridgehead atoms. The molecule has 0 aliphatic carbocycles. The first-order valence-electron chi connectivity index (χ1n) is 18.1. The first-order chi connectivity index (χ1) is 26.7. The summed E-state index contributed by atoms with van der Waals surface area (Å²) in [6.45, 7) is 4.37. The number of hydrogen-bond donors (Lipinski definition) is 4. The fraction of sp³-hybridized carbons (Fsp3) is 0.244. The van der Waals surface area contributed by atoms with Gasteiger partial charge in [0.05, 0.1) is 0 Å². The molecule has 14 heteroatoms. The van der Waals surface area contributed by atoms with Crippen molar-refractivity contribution in [1.82, 2.24) is 20.1 Å². The highest BCUT2D eigenvalue weighted by Gasteiger charge is 2.39. The molecular formula is C41H38FN7O5S. The molecule has 12 nitrogen and oxygen atoms in total. The van der Waals surface area contributed by atoms with Gasteiger partial charge in [0.1, 0.15) is 23.7 Å². The fourth-order valence-electron chi connectivity index (χ4n) is 7.44. The smallest absolute Gasteiger partial charge is 0.255 e. The predicted molar refractivity (Wildman–Crippen MR) is 207 cm³/mol. The lowest BCUT2D eigenvalue weighted by atomic mass is 10.00. The molecule has 2 atom stereocenters. The second kappa shape index (κ2) is 15.3. The van der Waals surface area contributed by atoms with Gasteiger partial charge >= 0.3 is 0 Å². The Morgan fingerprint density at radius 3 is 2.53 bits per heavy atom. The minimum Gasteiger partial charge on any atom is -0.508 e. The van der Waals surface area contributed by atoms with Crippen molar-refractivity contribution < 1.29 is 28.7 Å². The van der Waals surface area contributed by atoms with Crippen LogP contribution in [0, 0.1) is 5.82 Å². The standard InChI is InChI=1S/C41H38FN7O5S/c42-29-8-12-35(50)33(22-29)37(39(53)46-41-43-14-19-55-41)49-24-28-5-4-27(21-32(28)40(49)54)26-6-9-31(10-7-26)48-17-15-47(16-18-48)23-25-2-1-3-30(20-25)44-34-11-13-36(51)45-38(34)52/h1-10,12,14,19-22,34,37,44,50H,11,13,15-18,23-24H2,(H,43,46,53)(H,45,51,52). The minimum atomic E-state index is -1.30. The number of piperidine rings is 1. The molecule has 5 aromatic rings. The summed E-state index contributed by atoms with van der Waals surface area (Å²) in [4.78, 5) is 61.4. The minimum absolute atomic E-state index is 0.0135. The van der Waals surface area contributed by atoms with E-state index in [0.29, 0.717) is 23.5 Å². The molecule has 0 spiro atoms. The lowest BCUT2D eigenvalue weighted by Crippen LogP contribution is -2.47. The third-order valence-electron chi connectivity index (χ3n) is 10.3. The number of imide groups is 1. The van der Waals surface area contributed by atoms with Gasteiger partial charge in [-0.3, -0.25) is 34.7 Å². The number of phenolic OH excluding ortho intramolecular Hbond substituents is 1. The van der Waals surface area contributed by atoms with E-state index in [0.717, 1.165) is 78.5 Å². The van der Waals surface area contributed by atoms with Gasteiger partial charge in [0.2, 0.25) is 11.8 Å². The van der Waals surface area contributed by atoms with Gasteiger partial charge in [0.15, 0.2) is 5.13 Å². The van der Waals surface area contributed by atoms with E-state index in [9.17, 15) is 28.7 Å². The Bertz CT molecular complexity index is 2260. The molecule has 0 saturated carbocycles. The number of benzene rings is 4. The van der Waals surface area contributed by atoms with Crippen molar-refractivity contribution in [2.45, 2.75) is 38.0 Å². The van der Waals surface area contributed by atoms with Crippen LogP contribution in [0.3, 0.4) is 0 Å². The Morgan fingerprint density at radius 2 is 1.76 bits per heavy atom.